The predicted molar refractivity (Wildman–Crippen MR) is 237 cm³/mol. The zero-order chi connectivity index (χ0) is 44.2. The van der Waals surface area contributed by atoms with E-state index in [1.807, 2.05) is 43.7 Å². The summed E-state index contributed by atoms with van der Waals surface area (Å²) in [6.07, 6.45) is 6.20. The number of hydrogen-bond acceptors (Lipinski definition) is 9. The van der Waals surface area contributed by atoms with Crippen LogP contribution >= 0.6 is 0 Å². The van der Waals surface area contributed by atoms with Crippen molar-refractivity contribution in [2.45, 2.75) is 90.4 Å². The second-order valence-electron chi connectivity index (χ2n) is 19.0. The second kappa shape index (κ2) is 16.6. The molecule has 5 atom stereocenters. The highest BCUT2D eigenvalue weighted by atomic mass is 16.5. The SMILES string of the molecule is COC(=O)N[C@H](C(=O)N1CC2(CC2)C[C@H]1c1ncc(-c2ccc(-c3ccc4c(ccc5[nH]c([C@@H]6C[C@@]7(CCCOC7)CN6C(=O)[C@@H](NC(=O)OC)C(C)C)nc54)c3)cc2)[nH]1)C(C)C. The number of aromatic nitrogens is 4. The highest BCUT2D eigenvalue weighted by molar-refractivity contribution is 6.05. The number of rotatable bonds is 10. The van der Waals surface area contributed by atoms with Gasteiger partial charge in [0.25, 0.3) is 0 Å². The molecule has 1 saturated carbocycles. The molecule has 332 valence electrons. The molecule has 9 rings (SSSR count). The van der Waals surface area contributed by atoms with Crippen molar-refractivity contribution in [1.29, 1.82) is 0 Å². The topological polar surface area (TPSA) is 184 Å². The Kier molecular flexibility index (Phi) is 11.2. The molecular formula is C48H58N8O7. The van der Waals surface area contributed by atoms with Crippen LogP contribution in [0.2, 0.25) is 0 Å². The molecule has 1 aliphatic carbocycles. The van der Waals surface area contributed by atoms with Crippen molar-refractivity contribution in [3.63, 3.8) is 0 Å². The second-order valence-corrected chi connectivity index (χ2v) is 19.0. The lowest BCUT2D eigenvalue weighted by Gasteiger charge is -2.33. The lowest BCUT2D eigenvalue weighted by Crippen LogP contribution is -2.51. The zero-order valence-corrected chi connectivity index (χ0v) is 37.0. The van der Waals surface area contributed by atoms with Crippen molar-refractivity contribution < 1.29 is 33.4 Å². The number of likely N-dealkylation sites (tertiary alicyclic amines) is 2. The summed E-state index contributed by atoms with van der Waals surface area (Å²) >= 11 is 0. The van der Waals surface area contributed by atoms with E-state index in [1.165, 1.54) is 14.2 Å². The van der Waals surface area contributed by atoms with E-state index >= 15 is 0 Å². The molecule has 15 nitrogen and oxygen atoms in total. The van der Waals surface area contributed by atoms with Gasteiger partial charge in [-0.15, -0.1) is 0 Å². The molecule has 5 aromatic rings. The minimum atomic E-state index is -0.744. The van der Waals surface area contributed by atoms with Gasteiger partial charge < -0.3 is 44.6 Å². The zero-order valence-electron chi connectivity index (χ0n) is 37.0. The maximum absolute atomic E-state index is 14.3. The van der Waals surface area contributed by atoms with Crippen LogP contribution in [-0.4, -0.2) is 106 Å². The van der Waals surface area contributed by atoms with Gasteiger partial charge in [0.1, 0.15) is 23.7 Å². The van der Waals surface area contributed by atoms with Crippen LogP contribution in [0.3, 0.4) is 0 Å². The number of nitrogens with zero attached hydrogens (tertiary/aromatic N) is 4. The van der Waals surface area contributed by atoms with Gasteiger partial charge in [-0.2, -0.15) is 0 Å². The quantitative estimate of drug-likeness (QED) is 0.110. The maximum atomic E-state index is 14.3. The van der Waals surface area contributed by atoms with Crippen LogP contribution in [0, 0.1) is 22.7 Å². The molecule has 3 saturated heterocycles. The number of hydrogen-bond donors (Lipinski definition) is 4. The molecule has 0 bridgehead atoms. The Hall–Kier alpha value is -5.96. The molecule has 2 aromatic heterocycles. The predicted octanol–water partition coefficient (Wildman–Crippen LogP) is 7.66. The number of benzene rings is 3. The lowest BCUT2D eigenvalue weighted by molar-refractivity contribution is -0.136. The summed E-state index contributed by atoms with van der Waals surface area (Å²) in [5, 5.41) is 7.58. The number of ether oxygens (including phenoxy) is 3. The van der Waals surface area contributed by atoms with Gasteiger partial charge in [0, 0.05) is 30.5 Å². The average Bonchev–Trinajstić information content (AvgIpc) is 3.70. The van der Waals surface area contributed by atoms with Gasteiger partial charge in [0.2, 0.25) is 11.8 Å². The standard InChI is InChI=1S/C48H58N8O7/c1-27(2)38(53-45(59)61-5)43(57)55-24-47(17-18-47)21-36(55)41-49-23-35(51-41)30-10-8-29(9-11-30)31-12-14-33-32(20-31)13-15-34-40(33)52-42(50-34)37-22-48(16-7-19-63-26-48)25-56(37)44(58)39(28(3)4)54-46(60)62-6/h8-15,20,23,27-28,36-39H,7,16-19,21-22,24-26H2,1-6H3,(H,49,51)(H,50,52)(H,53,59)(H,54,60)/t36-,37-,38-,39-,48-/m0/s1. The largest absolute Gasteiger partial charge is 0.453 e. The Morgan fingerprint density at radius 3 is 1.95 bits per heavy atom. The van der Waals surface area contributed by atoms with Crippen LogP contribution < -0.4 is 10.6 Å². The summed E-state index contributed by atoms with van der Waals surface area (Å²) in [6, 6.07) is 17.0. The van der Waals surface area contributed by atoms with Crippen molar-refractivity contribution in [3.8, 4) is 22.4 Å². The number of H-pyrrole nitrogens is 2. The molecule has 0 unspecified atom stereocenters. The highest BCUT2D eigenvalue weighted by Gasteiger charge is 2.55. The number of carbonyl (C=O) groups is 4. The molecule has 5 heterocycles. The molecule has 15 heteroatoms. The normalized spacial score (nSPS) is 22.6. The molecule has 0 radical (unpaired) electrons. The van der Waals surface area contributed by atoms with Gasteiger partial charge in [-0.25, -0.2) is 19.6 Å². The Labute approximate surface area is 367 Å². The van der Waals surface area contributed by atoms with Crippen LogP contribution in [0.25, 0.3) is 44.2 Å². The molecule has 2 spiro atoms. The number of aromatic amines is 2. The fourth-order valence-corrected chi connectivity index (χ4v) is 10.2. The third kappa shape index (κ3) is 8.11. The number of fused-ring (bicyclic) bond motifs is 3. The molecule has 4 fully saturated rings. The van der Waals surface area contributed by atoms with E-state index in [2.05, 4.69) is 75.2 Å². The molecule has 4 N–H and O–H groups in total. The third-order valence-corrected chi connectivity index (χ3v) is 14.0. The Morgan fingerprint density at radius 1 is 0.746 bits per heavy atom. The van der Waals surface area contributed by atoms with E-state index in [0.717, 1.165) is 94.5 Å². The van der Waals surface area contributed by atoms with Crippen molar-refractivity contribution in [3.05, 3.63) is 72.4 Å². The summed E-state index contributed by atoms with van der Waals surface area (Å²) in [7, 11) is 2.61. The van der Waals surface area contributed by atoms with E-state index in [1.54, 1.807) is 0 Å². The minimum absolute atomic E-state index is 0.111. The lowest BCUT2D eigenvalue weighted by atomic mass is 9.80. The number of imidazole rings is 2. The first-order valence-corrected chi connectivity index (χ1v) is 22.3. The van der Waals surface area contributed by atoms with Crippen LogP contribution in [0.15, 0.2) is 60.8 Å². The van der Waals surface area contributed by atoms with E-state index in [-0.39, 0.29) is 46.6 Å². The van der Waals surface area contributed by atoms with E-state index in [4.69, 9.17) is 24.2 Å². The van der Waals surface area contributed by atoms with Crippen molar-refractivity contribution in [2.75, 3.05) is 40.5 Å². The van der Waals surface area contributed by atoms with Crippen molar-refractivity contribution >= 4 is 45.8 Å². The minimum Gasteiger partial charge on any atom is -0.453 e. The van der Waals surface area contributed by atoms with Crippen LogP contribution in [0.5, 0.6) is 0 Å². The van der Waals surface area contributed by atoms with E-state index in [9.17, 15) is 19.2 Å². The van der Waals surface area contributed by atoms with Crippen LogP contribution in [0.1, 0.15) is 90.0 Å². The Balaban J connectivity index is 0.946. The summed E-state index contributed by atoms with van der Waals surface area (Å²) in [4.78, 5) is 73.5. The van der Waals surface area contributed by atoms with Crippen molar-refractivity contribution in [2.24, 2.45) is 22.7 Å². The van der Waals surface area contributed by atoms with Crippen LogP contribution in [0.4, 0.5) is 9.59 Å². The van der Waals surface area contributed by atoms with Gasteiger partial charge in [0.15, 0.2) is 0 Å². The first-order chi connectivity index (χ1) is 30.3. The molecular weight excluding hydrogens is 801 g/mol. The monoisotopic (exact) mass is 858 g/mol. The summed E-state index contributed by atoms with van der Waals surface area (Å²) < 4.78 is 15.7. The molecule has 63 heavy (non-hydrogen) atoms. The maximum Gasteiger partial charge on any atom is 0.407 e. The number of amides is 4. The first-order valence-electron chi connectivity index (χ1n) is 22.3. The third-order valence-electron chi connectivity index (χ3n) is 14.0. The number of methoxy groups -OCH3 is 2. The fraction of sp³-hybridized carbons (Fsp3) is 0.500. The first kappa shape index (κ1) is 42.3. The van der Waals surface area contributed by atoms with Gasteiger partial charge in [0.05, 0.1) is 55.8 Å². The Morgan fingerprint density at radius 2 is 1.35 bits per heavy atom. The number of carbonyl (C=O) groups excluding carboxylic acids is 4. The molecule has 4 amide bonds. The molecule has 3 aromatic carbocycles. The smallest absolute Gasteiger partial charge is 0.407 e. The fourth-order valence-electron chi connectivity index (χ4n) is 10.2. The molecule has 3 aliphatic heterocycles. The van der Waals surface area contributed by atoms with E-state index in [0.29, 0.717) is 26.1 Å². The number of alkyl carbamates (subject to hydrolysis) is 2. The summed E-state index contributed by atoms with van der Waals surface area (Å²) in [5.41, 5.74) is 5.64. The highest BCUT2D eigenvalue weighted by Crippen LogP contribution is 2.58. The summed E-state index contributed by atoms with van der Waals surface area (Å²) in [6.45, 7) is 10.2. The van der Waals surface area contributed by atoms with E-state index < -0.39 is 24.3 Å². The van der Waals surface area contributed by atoms with Gasteiger partial charge >= 0.3 is 12.2 Å². The van der Waals surface area contributed by atoms with Gasteiger partial charge in [-0.3, -0.25) is 9.59 Å². The summed E-state index contributed by atoms with van der Waals surface area (Å²) in [5.74, 6) is 0.951. The number of nitrogens with one attached hydrogen (secondary N) is 4. The van der Waals surface area contributed by atoms with Gasteiger partial charge in [-0.05, 0) is 90.0 Å². The average molecular weight is 859 g/mol. The van der Waals surface area contributed by atoms with Crippen LogP contribution in [-0.2, 0) is 23.8 Å². The van der Waals surface area contributed by atoms with Crippen molar-refractivity contribution in [1.82, 2.24) is 40.4 Å². The Bertz CT molecular complexity index is 2540. The molecule has 4 aliphatic rings. The van der Waals surface area contributed by atoms with Gasteiger partial charge in [-0.1, -0.05) is 70.2 Å².